The molecule has 1 unspecified atom stereocenters. The molecular weight excluding hydrogens is 695 g/mol. The van der Waals surface area contributed by atoms with E-state index in [9.17, 15) is 14.4 Å². The molecule has 0 aliphatic rings. The van der Waals surface area contributed by atoms with E-state index in [2.05, 4.69) is 67.8 Å². The Balaban J connectivity index is 4.21. The van der Waals surface area contributed by atoms with Crippen LogP contribution < -0.4 is 5.32 Å². The number of carboxylic acids is 1. The van der Waals surface area contributed by atoms with Crippen LogP contribution in [-0.4, -0.2) is 35.6 Å². The molecule has 0 saturated heterocycles. The molecule has 6 nitrogen and oxygen atoms in total. The van der Waals surface area contributed by atoms with Gasteiger partial charge < -0.3 is 15.2 Å². The Morgan fingerprint density at radius 3 is 1.32 bits per heavy atom. The predicted molar refractivity (Wildman–Crippen MR) is 240 cm³/mol. The zero-order chi connectivity index (χ0) is 40.8. The van der Waals surface area contributed by atoms with E-state index in [0.29, 0.717) is 12.8 Å². The molecule has 0 fully saturated rings. The van der Waals surface area contributed by atoms with E-state index in [1.54, 1.807) is 0 Å². The molecule has 0 rings (SSSR count). The third-order valence-electron chi connectivity index (χ3n) is 10.5. The van der Waals surface area contributed by atoms with E-state index in [1.807, 2.05) is 0 Å². The number of allylic oxidation sites excluding steroid dienone is 8. The molecule has 0 spiro atoms. The molecule has 0 bridgehead atoms. The van der Waals surface area contributed by atoms with Crippen LogP contribution in [0.15, 0.2) is 48.6 Å². The largest absolute Gasteiger partial charge is 0.480 e. The number of carboxylic acid groups (broad SMARTS) is 1. The fourth-order valence-corrected chi connectivity index (χ4v) is 6.93. The van der Waals surface area contributed by atoms with Gasteiger partial charge in [-0.05, 0) is 103 Å². The molecule has 0 aliphatic heterocycles. The van der Waals surface area contributed by atoms with E-state index in [-0.39, 0.29) is 24.5 Å². The summed E-state index contributed by atoms with van der Waals surface area (Å²) in [5, 5.41) is 11.1. The number of carbonyl (C=O) groups is 3. The number of aliphatic carboxylic acids is 1. The first-order valence-electron chi connectivity index (χ1n) is 23.8. The molecular formula is C50H89NO5. The Kier molecular flexibility index (Phi) is 43.0. The lowest BCUT2D eigenvalue weighted by molar-refractivity contribution is -0.150. The Morgan fingerprint density at radius 1 is 0.464 bits per heavy atom. The zero-order valence-electron chi connectivity index (χ0n) is 36.7. The van der Waals surface area contributed by atoms with Crippen LogP contribution >= 0.6 is 0 Å². The van der Waals surface area contributed by atoms with Crippen LogP contribution in [0.5, 0.6) is 0 Å². The highest BCUT2D eigenvalue weighted by molar-refractivity contribution is 5.80. The first kappa shape index (κ1) is 53.4. The van der Waals surface area contributed by atoms with Gasteiger partial charge in [0.15, 0.2) is 0 Å². The van der Waals surface area contributed by atoms with Gasteiger partial charge in [-0.2, -0.15) is 0 Å². The van der Waals surface area contributed by atoms with E-state index < -0.39 is 5.97 Å². The van der Waals surface area contributed by atoms with E-state index in [1.165, 1.54) is 122 Å². The van der Waals surface area contributed by atoms with Crippen molar-refractivity contribution in [3.8, 4) is 0 Å². The van der Waals surface area contributed by atoms with E-state index in [0.717, 1.165) is 89.9 Å². The minimum atomic E-state index is -1.02. The number of hydrogen-bond donors (Lipinski definition) is 2. The quantitative estimate of drug-likeness (QED) is 0.0365. The summed E-state index contributed by atoms with van der Waals surface area (Å²) in [6.07, 6.45) is 58.1. The molecule has 56 heavy (non-hydrogen) atoms. The molecule has 0 heterocycles. The van der Waals surface area contributed by atoms with Crippen molar-refractivity contribution in [1.29, 1.82) is 0 Å². The predicted octanol–water partition coefficient (Wildman–Crippen LogP) is 15.0. The van der Waals surface area contributed by atoms with Gasteiger partial charge in [0.05, 0.1) is 0 Å². The number of unbranched alkanes of at least 4 members (excludes halogenated alkanes) is 24. The summed E-state index contributed by atoms with van der Waals surface area (Å²) in [5.41, 5.74) is 0. The van der Waals surface area contributed by atoms with Crippen molar-refractivity contribution in [3.63, 3.8) is 0 Å². The summed E-state index contributed by atoms with van der Waals surface area (Å²) in [4.78, 5) is 35.1. The van der Waals surface area contributed by atoms with Gasteiger partial charge in [0, 0.05) is 12.8 Å². The SMILES string of the molecule is CCCCC/C=C\C/C=C\C/C=C\CCCCCCCCC(=O)OC(CCCCC/C=C\CCCCCCCCCC)CCCCCCCC(=O)NCC(=O)O. The number of rotatable bonds is 43. The van der Waals surface area contributed by atoms with Crippen LogP contribution in [0.3, 0.4) is 0 Å². The number of nitrogens with one attached hydrogen (secondary N) is 1. The standard InChI is InChI=1S/C50H89NO5/c1-3-5-7-9-11-13-15-17-19-20-21-22-24-26-28-30-32-37-41-45-50(55)56-47(43-39-35-33-36-40-44-48(52)51-46-49(53)54)42-38-34-31-29-27-25-23-18-16-14-12-10-8-6-4-2/h11,13,17,19,21-22,25,27,47H,3-10,12,14-16,18,20,23-24,26,28-46H2,1-2H3,(H,51,52)(H,53,54)/b13-11-,19-17-,22-21-,27-25-. The maximum Gasteiger partial charge on any atom is 0.322 e. The van der Waals surface area contributed by atoms with Gasteiger partial charge in [0.1, 0.15) is 12.6 Å². The second-order valence-electron chi connectivity index (χ2n) is 16.0. The Labute approximate surface area is 346 Å². The van der Waals surface area contributed by atoms with Crippen molar-refractivity contribution in [2.75, 3.05) is 6.54 Å². The third-order valence-corrected chi connectivity index (χ3v) is 10.5. The summed E-state index contributed by atoms with van der Waals surface area (Å²) >= 11 is 0. The molecule has 0 aromatic carbocycles. The van der Waals surface area contributed by atoms with Crippen LogP contribution in [0.4, 0.5) is 0 Å². The fourth-order valence-electron chi connectivity index (χ4n) is 6.93. The fraction of sp³-hybridized carbons (Fsp3) is 0.780. The molecule has 0 radical (unpaired) electrons. The molecule has 324 valence electrons. The number of amides is 1. The summed E-state index contributed by atoms with van der Waals surface area (Å²) in [5.74, 6) is -1.25. The molecule has 0 aromatic rings. The lowest BCUT2D eigenvalue weighted by Crippen LogP contribution is -2.28. The third kappa shape index (κ3) is 44.1. The highest BCUT2D eigenvalue weighted by atomic mass is 16.5. The number of ether oxygens (including phenoxy) is 1. The van der Waals surface area contributed by atoms with Gasteiger partial charge in [-0.15, -0.1) is 0 Å². The summed E-state index contributed by atoms with van der Waals surface area (Å²) in [6, 6.07) is 0. The Morgan fingerprint density at radius 2 is 0.821 bits per heavy atom. The molecule has 1 atom stereocenters. The molecule has 0 saturated carbocycles. The summed E-state index contributed by atoms with van der Waals surface area (Å²) in [6.45, 7) is 4.21. The van der Waals surface area contributed by atoms with E-state index in [4.69, 9.17) is 9.84 Å². The first-order valence-corrected chi connectivity index (χ1v) is 23.8. The minimum absolute atomic E-state index is 0.00233. The number of hydrogen-bond acceptors (Lipinski definition) is 4. The maximum atomic E-state index is 12.8. The average Bonchev–Trinajstić information content (AvgIpc) is 3.18. The average molecular weight is 784 g/mol. The summed E-state index contributed by atoms with van der Waals surface area (Å²) < 4.78 is 6.04. The van der Waals surface area contributed by atoms with Crippen LogP contribution in [0.25, 0.3) is 0 Å². The van der Waals surface area contributed by atoms with Crippen molar-refractivity contribution in [1.82, 2.24) is 5.32 Å². The maximum absolute atomic E-state index is 12.8. The number of esters is 1. The van der Waals surface area contributed by atoms with E-state index >= 15 is 0 Å². The molecule has 0 aromatic heterocycles. The lowest BCUT2D eigenvalue weighted by Gasteiger charge is -2.18. The van der Waals surface area contributed by atoms with Crippen LogP contribution in [-0.2, 0) is 19.1 Å². The highest BCUT2D eigenvalue weighted by Gasteiger charge is 2.14. The van der Waals surface area contributed by atoms with Crippen molar-refractivity contribution in [3.05, 3.63) is 48.6 Å². The van der Waals surface area contributed by atoms with Gasteiger partial charge in [-0.3, -0.25) is 14.4 Å². The van der Waals surface area contributed by atoms with Gasteiger partial charge in [0.25, 0.3) is 0 Å². The first-order chi connectivity index (χ1) is 27.5. The van der Waals surface area contributed by atoms with Crippen molar-refractivity contribution in [2.24, 2.45) is 0 Å². The molecule has 2 N–H and O–H groups in total. The minimum Gasteiger partial charge on any atom is -0.480 e. The lowest BCUT2D eigenvalue weighted by atomic mass is 10.0. The van der Waals surface area contributed by atoms with Gasteiger partial charge in [-0.25, -0.2) is 0 Å². The van der Waals surface area contributed by atoms with Gasteiger partial charge in [0.2, 0.25) is 5.91 Å². The van der Waals surface area contributed by atoms with Crippen molar-refractivity contribution < 1.29 is 24.2 Å². The summed E-state index contributed by atoms with van der Waals surface area (Å²) in [7, 11) is 0. The molecule has 1 amide bonds. The highest BCUT2D eigenvalue weighted by Crippen LogP contribution is 2.18. The normalized spacial score (nSPS) is 12.5. The molecule has 0 aliphatic carbocycles. The second-order valence-corrected chi connectivity index (χ2v) is 16.0. The van der Waals surface area contributed by atoms with Gasteiger partial charge in [-0.1, -0.05) is 172 Å². The topological polar surface area (TPSA) is 92.7 Å². The van der Waals surface area contributed by atoms with Crippen LogP contribution in [0, 0.1) is 0 Å². The molecule has 6 heteroatoms. The Bertz CT molecular complexity index is 999. The van der Waals surface area contributed by atoms with Crippen molar-refractivity contribution >= 4 is 17.8 Å². The van der Waals surface area contributed by atoms with Crippen LogP contribution in [0.2, 0.25) is 0 Å². The van der Waals surface area contributed by atoms with Crippen molar-refractivity contribution in [2.45, 2.75) is 245 Å². The zero-order valence-corrected chi connectivity index (χ0v) is 36.7. The number of carbonyl (C=O) groups excluding carboxylic acids is 2. The monoisotopic (exact) mass is 784 g/mol. The van der Waals surface area contributed by atoms with Crippen LogP contribution in [0.1, 0.15) is 239 Å². The Hall–Kier alpha value is -2.63. The second kappa shape index (κ2) is 45.1. The smallest absolute Gasteiger partial charge is 0.322 e. The van der Waals surface area contributed by atoms with Gasteiger partial charge >= 0.3 is 11.9 Å².